The molecular weight excluding hydrogens is 308 g/mol. The summed E-state index contributed by atoms with van der Waals surface area (Å²) < 4.78 is 2.09. The summed E-state index contributed by atoms with van der Waals surface area (Å²) in [5.74, 6) is 0.652. The number of aromatic nitrogens is 5. The van der Waals surface area contributed by atoms with Gasteiger partial charge >= 0.3 is 0 Å². The van der Waals surface area contributed by atoms with Gasteiger partial charge < -0.3 is 0 Å². The quantitative estimate of drug-likeness (QED) is 0.574. The third-order valence-electron chi connectivity index (χ3n) is 4.17. The van der Waals surface area contributed by atoms with Gasteiger partial charge in [0.2, 0.25) is 10.6 Å². The zero-order valence-electron chi connectivity index (χ0n) is 12.7. The molecule has 1 aliphatic rings. The maximum atomic E-state index is 5.32. The first kappa shape index (κ1) is 14.1. The zero-order valence-corrected chi connectivity index (χ0v) is 13.5. The second-order valence-corrected chi connectivity index (χ2v) is 6.03. The van der Waals surface area contributed by atoms with Crippen LogP contribution in [-0.4, -0.2) is 31.3 Å². The molecule has 2 heterocycles. The molecule has 0 saturated carbocycles. The lowest BCUT2D eigenvalue weighted by Gasteiger charge is -2.01. The van der Waals surface area contributed by atoms with Crippen molar-refractivity contribution in [1.29, 1.82) is 0 Å². The Balaban J connectivity index is 1.77. The summed E-state index contributed by atoms with van der Waals surface area (Å²) in [7, 11) is 0. The normalized spacial score (nSPS) is 13.8. The molecule has 116 valence electrons. The molecule has 2 aromatic heterocycles. The molecule has 0 saturated heterocycles. The number of benzene rings is 1. The summed E-state index contributed by atoms with van der Waals surface area (Å²) >= 11 is 5.32. The van der Waals surface area contributed by atoms with Gasteiger partial charge in [-0.05, 0) is 49.5 Å². The molecule has 4 rings (SSSR count). The van der Waals surface area contributed by atoms with E-state index in [1.807, 2.05) is 18.2 Å². The largest absolute Gasteiger partial charge is 0.282 e. The van der Waals surface area contributed by atoms with Crippen LogP contribution in [0.5, 0.6) is 0 Å². The van der Waals surface area contributed by atoms with E-state index in [9.17, 15) is 0 Å². The van der Waals surface area contributed by atoms with Gasteiger partial charge in [0.05, 0.1) is 6.21 Å². The van der Waals surface area contributed by atoms with E-state index in [0.29, 0.717) is 10.6 Å². The minimum absolute atomic E-state index is 0.458. The smallest absolute Gasteiger partial charge is 0.216 e. The van der Waals surface area contributed by atoms with Crippen LogP contribution in [0.2, 0.25) is 0 Å². The van der Waals surface area contributed by atoms with Crippen LogP contribution >= 0.6 is 12.2 Å². The van der Waals surface area contributed by atoms with Crippen LogP contribution < -0.4 is 0 Å². The van der Waals surface area contributed by atoms with E-state index in [2.05, 4.69) is 38.5 Å². The minimum Gasteiger partial charge on any atom is -0.282 e. The molecular formula is C16H16N6S. The first-order chi connectivity index (χ1) is 11.2. The minimum atomic E-state index is 0.458. The van der Waals surface area contributed by atoms with E-state index in [4.69, 9.17) is 12.2 Å². The van der Waals surface area contributed by atoms with Gasteiger partial charge in [-0.3, -0.25) is 5.10 Å². The highest BCUT2D eigenvalue weighted by Crippen LogP contribution is 2.29. The fourth-order valence-corrected chi connectivity index (χ4v) is 3.09. The number of H-pyrrole nitrogens is 2. The highest BCUT2D eigenvalue weighted by Gasteiger charge is 2.23. The molecule has 1 aromatic carbocycles. The third-order valence-corrected chi connectivity index (χ3v) is 4.43. The molecule has 23 heavy (non-hydrogen) atoms. The van der Waals surface area contributed by atoms with Crippen LogP contribution in [0.3, 0.4) is 0 Å². The number of aromatic amines is 2. The van der Waals surface area contributed by atoms with Crippen molar-refractivity contribution in [3.8, 4) is 11.5 Å². The lowest BCUT2D eigenvalue weighted by atomic mass is 10.1. The number of hydrogen-bond donors (Lipinski definition) is 2. The molecule has 0 unspecified atom stereocenters. The van der Waals surface area contributed by atoms with Gasteiger partial charge in [-0.25, -0.2) is 5.10 Å². The molecule has 6 nitrogen and oxygen atoms in total. The Bertz CT molecular complexity index is 946. The van der Waals surface area contributed by atoms with Crippen LogP contribution in [-0.2, 0) is 12.8 Å². The Morgan fingerprint density at radius 2 is 2.09 bits per heavy atom. The molecule has 0 fully saturated rings. The Morgan fingerprint density at radius 3 is 2.96 bits per heavy atom. The van der Waals surface area contributed by atoms with E-state index in [-0.39, 0.29) is 0 Å². The molecule has 0 amide bonds. The van der Waals surface area contributed by atoms with Crippen molar-refractivity contribution in [2.45, 2.75) is 26.2 Å². The topological polar surface area (TPSA) is 74.7 Å². The maximum Gasteiger partial charge on any atom is 0.216 e. The van der Waals surface area contributed by atoms with Crippen molar-refractivity contribution >= 4 is 18.4 Å². The molecule has 1 aliphatic carbocycles. The van der Waals surface area contributed by atoms with Gasteiger partial charge in [-0.15, -0.1) is 0 Å². The Kier molecular flexibility index (Phi) is 3.42. The Morgan fingerprint density at radius 1 is 1.22 bits per heavy atom. The van der Waals surface area contributed by atoms with E-state index in [0.717, 1.165) is 36.1 Å². The first-order valence-electron chi connectivity index (χ1n) is 7.58. The number of nitrogens with zero attached hydrogens (tertiary/aromatic N) is 4. The predicted molar refractivity (Wildman–Crippen MR) is 91.2 cm³/mol. The van der Waals surface area contributed by atoms with Crippen molar-refractivity contribution in [1.82, 2.24) is 25.1 Å². The number of rotatable bonds is 3. The average molecular weight is 324 g/mol. The fourth-order valence-electron chi connectivity index (χ4n) is 2.91. The highest BCUT2D eigenvalue weighted by molar-refractivity contribution is 7.71. The van der Waals surface area contributed by atoms with Crippen LogP contribution in [0.15, 0.2) is 29.4 Å². The average Bonchev–Trinajstić information content (AvgIpc) is 3.23. The van der Waals surface area contributed by atoms with E-state index < -0.39 is 0 Å². The van der Waals surface area contributed by atoms with E-state index in [1.165, 1.54) is 11.3 Å². The van der Waals surface area contributed by atoms with Crippen LogP contribution in [0.4, 0.5) is 0 Å². The third kappa shape index (κ3) is 2.43. The summed E-state index contributed by atoms with van der Waals surface area (Å²) in [5, 5.41) is 19.2. The summed E-state index contributed by atoms with van der Waals surface area (Å²) in [4.78, 5) is 0. The number of aryl methyl sites for hydroxylation is 2. The summed E-state index contributed by atoms with van der Waals surface area (Å²) in [6, 6.07) is 8.07. The van der Waals surface area contributed by atoms with Gasteiger partial charge in [0.1, 0.15) is 5.69 Å². The molecule has 3 aromatic rings. The number of nitrogens with one attached hydrogen (secondary N) is 2. The Hall–Kier alpha value is -2.54. The number of fused-ring (bicyclic) bond motifs is 1. The van der Waals surface area contributed by atoms with Crippen molar-refractivity contribution in [3.63, 3.8) is 0 Å². The summed E-state index contributed by atoms with van der Waals surface area (Å²) in [6.45, 7) is 2.05. The summed E-state index contributed by atoms with van der Waals surface area (Å²) in [5.41, 5.74) is 5.48. The second kappa shape index (κ2) is 5.58. The molecule has 0 atom stereocenters. The van der Waals surface area contributed by atoms with Crippen molar-refractivity contribution in [2.75, 3.05) is 0 Å². The van der Waals surface area contributed by atoms with Crippen molar-refractivity contribution < 1.29 is 0 Å². The Labute approximate surface area is 138 Å². The molecule has 0 spiro atoms. The van der Waals surface area contributed by atoms with E-state index in [1.54, 1.807) is 10.9 Å². The lowest BCUT2D eigenvalue weighted by Crippen LogP contribution is -1.98. The zero-order chi connectivity index (χ0) is 15.8. The van der Waals surface area contributed by atoms with Gasteiger partial charge in [0.15, 0.2) is 0 Å². The molecule has 2 N–H and O–H groups in total. The van der Waals surface area contributed by atoms with Crippen molar-refractivity contribution in [3.05, 3.63) is 51.4 Å². The van der Waals surface area contributed by atoms with Crippen molar-refractivity contribution in [2.24, 2.45) is 5.10 Å². The van der Waals surface area contributed by atoms with Crippen LogP contribution in [0.1, 0.15) is 28.8 Å². The molecule has 0 radical (unpaired) electrons. The SMILES string of the molecule is Cc1ccccc1/C=N\n1c(-c2n[nH]c3c2CCC3)n[nH]c1=S. The fraction of sp³-hybridized carbons (Fsp3) is 0.250. The summed E-state index contributed by atoms with van der Waals surface area (Å²) in [6.07, 6.45) is 5.01. The molecule has 0 aliphatic heterocycles. The van der Waals surface area contributed by atoms with Gasteiger partial charge in [0.25, 0.3) is 0 Å². The first-order valence-corrected chi connectivity index (χ1v) is 7.99. The van der Waals surface area contributed by atoms with E-state index >= 15 is 0 Å². The molecule has 7 heteroatoms. The lowest BCUT2D eigenvalue weighted by molar-refractivity contribution is 0.844. The monoisotopic (exact) mass is 324 g/mol. The highest BCUT2D eigenvalue weighted by atomic mass is 32.1. The molecule has 0 bridgehead atoms. The van der Waals surface area contributed by atoms with Gasteiger partial charge in [-0.1, -0.05) is 24.3 Å². The standard InChI is InChI=1S/C16H16N6S/c1-10-5-2-3-6-11(10)9-17-22-15(20-21-16(22)23)14-12-7-4-8-13(12)18-19-14/h2-3,5-6,9H,4,7-8H2,1H3,(H,18,19)(H,21,23)/b17-9-. The van der Waals surface area contributed by atoms with Gasteiger partial charge in [0, 0.05) is 11.3 Å². The maximum absolute atomic E-state index is 5.32. The van der Waals surface area contributed by atoms with Gasteiger partial charge in [-0.2, -0.15) is 20.0 Å². The number of hydrogen-bond acceptors (Lipinski definition) is 4. The van der Waals surface area contributed by atoms with Crippen LogP contribution in [0.25, 0.3) is 11.5 Å². The van der Waals surface area contributed by atoms with Crippen LogP contribution in [0, 0.1) is 11.7 Å². The second-order valence-electron chi connectivity index (χ2n) is 5.65. The predicted octanol–water partition coefficient (Wildman–Crippen LogP) is 3.01.